The van der Waals surface area contributed by atoms with E-state index in [-0.39, 0.29) is 0 Å². The quantitative estimate of drug-likeness (QED) is 0.783. The van der Waals surface area contributed by atoms with Crippen molar-refractivity contribution in [3.8, 4) is 17.0 Å². The monoisotopic (exact) mass is 228 g/mol. The first-order valence-electron chi connectivity index (χ1n) is 5.93. The molecule has 0 saturated heterocycles. The molecule has 0 aliphatic carbocycles. The summed E-state index contributed by atoms with van der Waals surface area (Å²) in [4.78, 5) is 0. The highest BCUT2D eigenvalue weighted by molar-refractivity contribution is 5.64. The van der Waals surface area contributed by atoms with Crippen LogP contribution >= 0.6 is 0 Å². The molecule has 0 atom stereocenters. The van der Waals surface area contributed by atoms with Crippen LogP contribution < -0.4 is 5.32 Å². The van der Waals surface area contributed by atoms with Gasteiger partial charge in [-0.05, 0) is 36.7 Å². The van der Waals surface area contributed by atoms with Crippen LogP contribution in [0.5, 0.6) is 5.75 Å². The normalized spacial score (nSPS) is 14.6. The highest BCUT2D eigenvalue weighted by atomic mass is 16.3. The fraction of sp³-hybridized carbons (Fsp3) is 0.286. The van der Waals surface area contributed by atoms with E-state index in [0.717, 1.165) is 25.1 Å². The molecule has 0 fully saturated rings. The third-order valence-corrected chi connectivity index (χ3v) is 3.45. The molecule has 3 nitrogen and oxygen atoms in total. The number of aromatic hydroxyl groups is 1. The number of aromatic nitrogens is 1. The van der Waals surface area contributed by atoms with Gasteiger partial charge in [-0.25, -0.2) is 0 Å². The van der Waals surface area contributed by atoms with Gasteiger partial charge in [0.25, 0.3) is 0 Å². The number of hydrogen-bond acceptors (Lipinski definition) is 2. The van der Waals surface area contributed by atoms with Crippen molar-refractivity contribution < 1.29 is 5.11 Å². The maximum atomic E-state index is 9.55. The number of fused-ring (bicyclic) bond motifs is 1. The van der Waals surface area contributed by atoms with Crippen LogP contribution in [0.2, 0.25) is 0 Å². The Bertz CT molecular complexity index is 557. The maximum absolute atomic E-state index is 9.55. The molecule has 0 saturated carbocycles. The molecular weight excluding hydrogens is 212 g/mol. The van der Waals surface area contributed by atoms with Crippen molar-refractivity contribution in [3.63, 3.8) is 0 Å². The van der Waals surface area contributed by atoms with Gasteiger partial charge in [0, 0.05) is 30.5 Å². The van der Waals surface area contributed by atoms with Crippen LogP contribution in [0.25, 0.3) is 11.3 Å². The number of phenolic OH excluding ortho intramolecular Hbond substituents is 1. The molecular formula is C14H16N2O. The molecule has 0 unspecified atom stereocenters. The number of nitrogens with zero attached hydrogens (tertiary/aromatic N) is 1. The predicted molar refractivity (Wildman–Crippen MR) is 67.9 cm³/mol. The second-order valence-electron chi connectivity index (χ2n) is 4.54. The summed E-state index contributed by atoms with van der Waals surface area (Å²) in [5, 5.41) is 12.9. The lowest BCUT2D eigenvalue weighted by Gasteiger charge is -2.15. The summed E-state index contributed by atoms with van der Waals surface area (Å²) in [5.74, 6) is 0.319. The fourth-order valence-electron chi connectivity index (χ4n) is 2.53. The smallest absolute Gasteiger partial charge is 0.116 e. The zero-order valence-corrected chi connectivity index (χ0v) is 9.90. The number of benzene rings is 1. The lowest BCUT2D eigenvalue weighted by atomic mass is 10.1. The van der Waals surface area contributed by atoms with Gasteiger partial charge in [-0.1, -0.05) is 12.1 Å². The van der Waals surface area contributed by atoms with Gasteiger partial charge in [0.15, 0.2) is 0 Å². The number of nitrogens with one attached hydrogen (secondary N) is 1. The molecule has 1 aliphatic rings. The Morgan fingerprint density at radius 2 is 2.18 bits per heavy atom. The molecule has 3 heteroatoms. The van der Waals surface area contributed by atoms with E-state index in [1.807, 2.05) is 18.2 Å². The molecule has 1 aromatic carbocycles. The molecule has 2 N–H and O–H groups in total. The van der Waals surface area contributed by atoms with Crippen molar-refractivity contribution in [1.82, 2.24) is 9.88 Å². The molecule has 2 aromatic rings. The molecule has 0 amide bonds. The van der Waals surface area contributed by atoms with Gasteiger partial charge in [-0.3, -0.25) is 0 Å². The predicted octanol–water partition coefficient (Wildman–Crippen LogP) is 2.04. The van der Waals surface area contributed by atoms with Gasteiger partial charge in [0.2, 0.25) is 0 Å². The average Bonchev–Trinajstić information content (AvgIpc) is 2.68. The highest BCUT2D eigenvalue weighted by Crippen LogP contribution is 2.28. The largest absolute Gasteiger partial charge is 0.508 e. The summed E-state index contributed by atoms with van der Waals surface area (Å²) >= 11 is 0. The van der Waals surface area contributed by atoms with Crippen molar-refractivity contribution in [2.24, 2.45) is 7.05 Å². The molecule has 1 aliphatic heterocycles. The molecule has 0 spiro atoms. The first-order chi connectivity index (χ1) is 8.25. The molecule has 2 heterocycles. The minimum atomic E-state index is 0.319. The van der Waals surface area contributed by atoms with Crippen LogP contribution in [0.3, 0.4) is 0 Å². The van der Waals surface area contributed by atoms with Crippen LogP contribution in [0.1, 0.15) is 11.3 Å². The van der Waals surface area contributed by atoms with Crippen molar-refractivity contribution >= 4 is 0 Å². The van der Waals surface area contributed by atoms with Crippen molar-refractivity contribution in [1.29, 1.82) is 0 Å². The molecule has 88 valence electrons. The van der Waals surface area contributed by atoms with E-state index in [1.165, 1.54) is 17.0 Å². The lowest BCUT2D eigenvalue weighted by Crippen LogP contribution is -2.24. The van der Waals surface area contributed by atoms with E-state index in [2.05, 4.69) is 23.0 Å². The van der Waals surface area contributed by atoms with E-state index in [9.17, 15) is 5.11 Å². The van der Waals surface area contributed by atoms with Gasteiger partial charge in [-0.2, -0.15) is 0 Å². The maximum Gasteiger partial charge on any atom is 0.116 e. The fourth-order valence-corrected chi connectivity index (χ4v) is 2.53. The average molecular weight is 228 g/mol. The minimum Gasteiger partial charge on any atom is -0.508 e. The van der Waals surface area contributed by atoms with E-state index in [4.69, 9.17) is 0 Å². The van der Waals surface area contributed by atoms with Crippen LogP contribution in [0, 0.1) is 0 Å². The van der Waals surface area contributed by atoms with E-state index in [0.29, 0.717) is 5.75 Å². The summed E-state index contributed by atoms with van der Waals surface area (Å²) < 4.78 is 2.22. The first kappa shape index (κ1) is 10.4. The van der Waals surface area contributed by atoms with E-state index in [1.54, 1.807) is 6.07 Å². The summed E-state index contributed by atoms with van der Waals surface area (Å²) in [6.07, 6.45) is 1.09. The van der Waals surface area contributed by atoms with Gasteiger partial charge in [0.1, 0.15) is 5.75 Å². The summed E-state index contributed by atoms with van der Waals surface area (Å²) in [6.45, 7) is 1.99. The Morgan fingerprint density at radius 3 is 2.94 bits per heavy atom. The number of rotatable bonds is 1. The van der Waals surface area contributed by atoms with Crippen LogP contribution in [0.15, 0.2) is 30.3 Å². The van der Waals surface area contributed by atoms with Gasteiger partial charge in [-0.15, -0.1) is 0 Å². The van der Waals surface area contributed by atoms with Crippen LogP contribution in [0.4, 0.5) is 0 Å². The highest BCUT2D eigenvalue weighted by Gasteiger charge is 2.16. The number of phenols is 1. The molecule has 3 rings (SSSR count). The second kappa shape index (κ2) is 3.93. The van der Waals surface area contributed by atoms with Gasteiger partial charge < -0.3 is 15.0 Å². The van der Waals surface area contributed by atoms with E-state index >= 15 is 0 Å². The Balaban J connectivity index is 2.12. The Kier molecular flexibility index (Phi) is 2.41. The summed E-state index contributed by atoms with van der Waals surface area (Å²) in [5.41, 5.74) is 5.02. The topological polar surface area (TPSA) is 37.2 Å². The Hall–Kier alpha value is -1.74. The molecule has 17 heavy (non-hydrogen) atoms. The Morgan fingerprint density at radius 1 is 1.29 bits per heavy atom. The van der Waals surface area contributed by atoms with E-state index < -0.39 is 0 Å². The third kappa shape index (κ3) is 1.72. The first-order valence-corrected chi connectivity index (χ1v) is 5.93. The van der Waals surface area contributed by atoms with Crippen LogP contribution in [-0.4, -0.2) is 16.2 Å². The standard InChI is InChI=1S/C14H16N2O/c1-16-13(10-3-2-4-12(17)7-10)8-11-5-6-15-9-14(11)16/h2-4,7-8,15,17H,5-6,9H2,1H3. The third-order valence-electron chi connectivity index (χ3n) is 3.45. The van der Waals surface area contributed by atoms with Crippen molar-refractivity contribution in [3.05, 3.63) is 41.6 Å². The second-order valence-corrected chi connectivity index (χ2v) is 4.54. The summed E-state index contributed by atoms with van der Waals surface area (Å²) in [6, 6.07) is 9.68. The summed E-state index contributed by atoms with van der Waals surface area (Å²) in [7, 11) is 2.09. The number of hydrogen-bond donors (Lipinski definition) is 2. The lowest BCUT2D eigenvalue weighted by molar-refractivity contribution is 0.475. The van der Waals surface area contributed by atoms with Crippen molar-refractivity contribution in [2.75, 3.05) is 6.54 Å². The Labute approximate surface area is 101 Å². The SMILES string of the molecule is Cn1c(-c2cccc(O)c2)cc2c1CNCC2. The molecule has 0 bridgehead atoms. The zero-order valence-electron chi connectivity index (χ0n) is 9.90. The van der Waals surface area contributed by atoms with Gasteiger partial charge >= 0.3 is 0 Å². The molecule has 1 aromatic heterocycles. The van der Waals surface area contributed by atoms with Crippen LogP contribution in [-0.2, 0) is 20.0 Å². The van der Waals surface area contributed by atoms with Gasteiger partial charge in [0.05, 0.1) is 0 Å². The van der Waals surface area contributed by atoms with Crippen molar-refractivity contribution in [2.45, 2.75) is 13.0 Å². The minimum absolute atomic E-state index is 0.319. The molecule has 0 radical (unpaired) electrons. The zero-order chi connectivity index (χ0) is 11.8.